The molecule has 0 spiro atoms. The predicted molar refractivity (Wildman–Crippen MR) is 159 cm³/mol. The van der Waals surface area contributed by atoms with Crippen molar-refractivity contribution in [3.8, 4) is 0 Å². The van der Waals surface area contributed by atoms with Crippen molar-refractivity contribution in [1.82, 2.24) is 29.3 Å². The van der Waals surface area contributed by atoms with Crippen LogP contribution < -0.4 is 0 Å². The first-order valence-corrected chi connectivity index (χ1v) is 14.2. The number of hydrogen-bond donors (Lipinski definition) is 0. The van der Waals surface area contributed by atoms with Gasteiger partial charge in [-0.1, -0.05) is 41.5 Å². The molecule has 6 nitrogen and oxygen atoms in total. The molecule has 0 aliphatic carbocycles. The van der Waals surface area contributed by atoms with Crippen molar-refractivity contribution in [3.63, 3.8) is 0 Å². The smallest absolute Gasteiger partial charge is 0.0631 e. The van der Waals surface area contributed by atoms with Gasteiger partial charge in [0.25, 0.3) is 0 Å². The lowest BCUT2D eigenvalue weighted by Crippen LogP contribution is -2.05. The van der Waals surface area contributed by atoms with E-state index in [-0.39, 0.29) is 0 Å². The molecular formula is C31H56N6. The minimum absolute atomic E-state index is 0.464. The van der Waals surface area contributed by atoms with E-state index in [1.165, 1.54) is 39.5 Å². The van der Waals surface area contributed by atoms with E-state index in [0.717, 1.165) is 0 Å². The number of rotatable bonds is 6. The van der Waals surface area contributed by atoms with Crippen LogP contribution in [0.3, 0.4) is 0 Å². The molecule has 0 saturated carbocycles. The van der Waals surface area contributed by atoms with Gasteiger partial charge in [-0.2, -0.15) is 15.3 Å². The van der Waals surface area contributed by atoms with Gasteiger partial charge in [-0.15, -0.1) is 0 Å². The first-order valence-electron chi connectivity index (χ1n) is 14.2. The summed E-state index contributed by atoms with van der Waals surface area (Å²) in [6.07, 6.45) is 4.14. The summed E-state index contributed by atoms with van der Waals surface area (Å²) in [6.45, 7) is 34.7. The maximum Gasteiger partial charge on any atom is 0.0631 e. The van der Waals surface area contributed by atoms with Gasteiger partial charge in [0, 0.05) is 35.7 Å². The zero-order valence-electron chi connectivity index (χ0n) is 26.8. The number of hydrogen-bond acceptors (Lipinski definition) is 3. The predicted octanol–water partition coefficient (Wildman–Crippen LogP) is 9.00. The third kappa shape index (κ3) is 8.58. The Labute approximate surface area is 227 Å². The van der Waals surface area contributed by atoms with Crippen LogP contribution >= 0.6 is 0 Å². The fourth-order valence-corrected chi connectivity index (χ4v) is 4.87. The van der Waals surface area contributed by atoms with E-state index in [0.29, 0.717) is 35.9 Å². The summed E-state index contributed by atoms with van der Waals surface area (Å²) in [5.41, 5.74) is 9.11. The van der Waals surface area contributed by atoms with Crippen molar-refractivity contribution in [1.29, 1.82) is 0 Å². The Balaban J connectivity index is 0.000000278. The van der Waals surface area contributed by atoms with Gasteiger partial charge in [-0.05, 0) is 104 Å². The molecule has 210 valence electrons. The fraction of sp³-hybridized carbons (Fsp3) is 0.710. The third-order valence-corrected chi connectivity index (χ3v) is 6.75. The van der Waals surface area contributed by atoms with Crippen LogP contribution in [0, 0.1) is 27.7 Å². The average Bonchev–Trinajstić information content (AvgIpc) is 3.43. The SMILES string of the molecule is Cc1c(C(C)C)cnn1C(C)C.Cc1nn(C(C)C)c(C)c1C(C)C.Cc1nn(C(C)C)cc1C(C)C. The Morgan fingerprint density at radius 1 is 0.541 bits per heavy atom. The van der Waals surface area contributed by atoms with Crippen molar-refractivity contribution in [2.24, 2.45) is 0 Å². The largest absolute Gasteiger partial charge is 0.270 e. The highest BCUT2D eigenvalue weighted by molar-refractivity contribution is 5.28. The average molecular weight is 513 g/mol. The highest BCUT2D eigenvalue weighted by Gasteiger charge is 2.15. The van der Waals surface area contributed by atoms with Crippen LogP contribution in [0.4, 0.5) is 0 Å². The molecule has 3 aromatic rings. The van der Waals surface area contributed by atoms with Gasteiger partial charge in [0.05, 0.1) is 17.6 Å². The molecule has 0 saturated heterocycles. The van der Waals surface area contributed by atoms with Gasteiger partial charge in [0.15, 0.2) is 0 Å². The second kappa shape index (κ2) is 14.0. The lowest BCUT2D eigenvalue weighted by atomic mass is 10.0. The van der Waals surface area contributed by atoms with Crippen LogP contribution in [-0.2, 0) is 0 Å². The summed E-state index contributed by atoms with van der Waals surface area (Å²) in [5.74, 6) is 1.74. The summed E-state index contributed by atoms with van der Waals surface area (Å²) in [6, 6.07) is 1.40. The zero-order chi connectivity index (χ0) is 28.8. The monoisotopic (exact) mass is 512 g/mol. The van der Waals surface area contributed by atoms with Crippen molar-refractivity contribution < 1.29 is 0 Å². The Morgan fingerprint density at radius 2 is 1.05 bits per heavy atom. The highest BCUT2D eigenvalue weighted by Crippen LogP contribution is 2.24. The second-order valence-corrected chi connectivity index (χ2v) is 12.1. The molecular weight excluding hydrogens is 456 g/mol. The first-order chi connectivity index (χ1) is 17.0. The van der Waals surface area contributed by atoms with E-state index in [1.807, 2.05) is 10.9 Å². The van der Waals surface area contributed by atoms with Gasteiger partial charge in [-0.25, -0.2) is 0 Å². The molecule has 0 fully saturated rings. The molecule has 0 aliphatic rings. The number of aryl methyl sites for hydroxylation is 2. The number of aromatic nitrogens is 6. The molecule has 3 rings (SSSR count). The van der Waals surface area contributed by atoms with Gasteiger partial charge in [0.1, 0.15) is 0 Å². The molecule has 0 aliphatic heterocycles. The lowest BCUT2D eigenvalue weighted by molar-refractivity contribution is 0.515. The van der Waals surface area contributed by atoms with E-state index in [4.69, 9.17) is 0 Å². The molecule has 3 heterocycles. The summed E-state index contributed by atoms with van der Waals surface area (Å²) < 4.78 is 6.23. The summed E-state index contributed by atoms with van der Waals surface area (Å²) in [7, 11) is 0. The van der Waals surface area contributed by atoms with E-state index in [2.05, 4.69) is 142 Å². The molecule has 3 aromatic heterocycles. The van der Waals surface area contributed by atoms with Gasteiger partial charge < -0.3 is 0 Å². The Morgan fingerprint density at radius 3 is 1.30 bits per heavy atom. The van der Waals surface area contributed by atoms with Crippen LogP contribution in [-0.4, -0.2) is 29.3 Å². The van der Waals surface area contributed by atoms with Crippen LogP contribution in [0.5, 0.6) is 0 Å². The summed E-state index contributed by atoms with van der Waals surface area (Å²) >= 11 is 0. The summed E-state index contributed by atoms with van der Waals surface area (Å²) in [5, 5.41) is 13.3. The van der Waals surface area contributed by atoms with Gasteiger partial charge >= 0.3 is 0 Å². The molecule has 0 atom stereocenters. The topological polar surface area (TPSA) is 53.5 Å². The van der Waals surface area contributed by atoms with E-state index >= 15 is 0 Å². The van der Waals surface area contributed by atoms with Gasteiger partial charge in [-0.3, -0.25) is 14.0 Å². The first kappa shape index (κ1) is 32.7. The van der Waals surface area contributed by atoms with E-state index in [1.54, 1.807) is 0 Å². The quantitative estimate of drug-likeness (QED) is 0.331. The Bertz CT molecular complexity index is 1060. The van der Waals surface area contributed by atoms with Crippen molar-refractivity contribution in [2.75, 3.05) is 0 Å². The van der Waals surface area contributed by atoms with Gasteiger partial charge in [0.2, 0.25) is 0 Å². The Kier molecular flexibility index (Phi) is 12.3. The standard InChI is InChI=1S/C11H20N2.2C10H18N2/c1-7(2)11-9(5)12-13(8(3)4)10(11)6;1-7(2)10-6-12(8(3)4)11-9(10)5;1-7(2)10-6-11-12(8(3)4)9(10)5/h7-8H,1-6H3;2*6-8H,1-5H3. The maximum absolute atomic E-state index is 4.55. The second-order valence-electron chi connectivity index (χ2n) is 12.1. The van der Waals surface area contributed by atoms with Crippen LogP contribution in [0.2, 0.25) is 0 Å². The maximum atomic E-state index is 4.55. The normalized spacial score (nSPS) is 11.6. The van der Waals surface area contributed by atoms with Crippen LogP contribution in [0.25, 0.3) is 0 Å². The summed E-state index contributed by atoms with van der Waals surface area (Å²) in [4.78, 5) is 0. The molecule has 37 heavy (non-hydrogen) atoms. The van der Waals surface area contributed by atoms with E-state index in [9.17, 15) is 0 Å². The third-order valence-electron chi connectivity index (χ3n) is 6.75. The van der Waals surface area contributed by atoms with Crippen LogP contribution in [0.15, 0.2) is 12.4 Å². The molecule has 0 radical (unpaired) electrons. The van der Waals surface area contributed by atoms with Crippen LogP contribution in [0.1, 0.15) is 158 Å². The minimum Gasteiger partial charge on any atom is -0.270 e. The highest BCUT2D eigenvalue weighted by atomic mass is 15.3. The van der Waals surface area contributed by atoms with Crippen molar-refractivity contribution >= 4 is 0 Å². The lowest BCUT2D eigenvalue weighted by Gasteiger charge is -2.09. The zero-order valence-corrected chi connectivity index (χ0v) is 26.8. The molecule has 0 bridgehead atoms. The Hall–Kier alpha value is -2.37. The fourth-order valence-electron chi connectivity index (χ4n) is 4.87. The van der Waals surface area contributed by atoms with E-state index < -0.39 is 0 Å². The van der Waals surface area contributed by atoms with Crippen molar-refractivity contribution in [3.05, 3.63) is 51.9 Å². The molecule has 6 heteroatoms. The molecule has 0 unspecified atom stereocenters. The molecule has 0 amide bonds. The molecule has 0 N–H and O–H groups in total. The van der Waals surface area contributed by atoms with Crippen molar-refractivity contribution in [2.45, 2.75) is 147 Å². The number of nitrogens with zero attached hydrogens (tertiary/aromatic N) is 6. The molecule has 0 aromatic carbocycles. The minimum atomic E-state index is 0.464.